The molecule has 0 heterocycles. The van der Waals surface area contributed by atoms with Crippen LogP contribution in [0.3, 0.4) is 0 Å². The first kappa shape index (κ1) is 16.0. The fraction of sp³-hybridized carbons (Fsp3) is 0.625. The maximum atomic E-state index is 5.62. The summed E-state index contributed by atoms with van der Waals surface area (Å²) in [5, 5.41) is 3.57. The average molecular weight is 264 g/mol. The van der Waals surface area contributed by atoms with Gasteiger partial charge in [-0.2, -0.15) is 0 Å². The van der Waals surface area contributed by atoms with Crippen molar-refractivity contribution in [2.45, 2.75) is 46.1 Å². The van der Waals surface area contributed by atoms with Crippen molar-refractivity contribution < 1.29 is 4.74 Å². The van der Waals surface area contributed by atoms with Crippen molar-refractivity contribution in [2.75, 3.05) is 20.2 Å². The Kier molecular flexibility index (Phi) is 5.83. The van der Waals surface area contributed by atoms with Crippen LogP contribution in [0.4, 0.5) is 0 Å². The van der Waals surface area contributed by atoms with E-state index in [0.717, 1.165) is 31.7 Å². The molecule has 1 aromatic carbocycles. The Balaban J connectivity index is 2.62. The van der Waals surface area contributed by atoms with Crippen LogP contribution in [0.2, 0.25) is 0 Å². The Labute approximate surface area is 117 Å². The van der Waals surface area contributed by atoms with E-state index >= 15 is 0 Å². The van der Waals surface area contributed by atoms with E-state index in [9.17, 15) is 0 Å². The molecule has 0 saturated carbocycles. The molecule has 1 rings (SSSR count). The van der Waals surface area contributed by atoms with Crippen LogP contribution in [0.5, 0.6) is 5.75 Å². The van der Waals surface area contributed by atoms with Crippen LogP contribution in [0.15, 0.2) is 12.1 Å². The molecule has 0 aliphatic rings. The predicted molar refractivity (Wildman–Crippen MR) is 81.9 cm³/mol. The predicted octanol–water partition coefficient (Wildman–Crippen LogP) is 2.57. The third-order valence-corrected chi connectivity index (χ3v) is 3.84. The van der Waals surface area contributed by atoms with E-state index < -0.39 is 0 Å². The molecule has 1 aromatic rings. The van der Waals surface area contributed by atoms with E-state index in [1.54, 1.807) is 7.11 Å². The average Bonchev–Trinajstić information content (AvgIpc) is 2.34. The highest BCUT2D eigenvalue weighted by atomic mass is 16.5. The monoisotopic (exact) mass is 264 g/mol. The third kappa shape index (κ3) is 4.51. The Morgan fingerprint density at radius 2 is 1.89 bits per heavy atom. The van der Waals surface area contributed by atoms with Crippen molar-refractivity contribution in [3.05, 3.63) is 28.8 Å². The zero-order chi connectivity index (χ0) is 14.5. The Hall–Kier alpha value is -1.06. The van der Waals surface area contributed by atoms with E-state index in [2.05, 4.69) is 45.1 Å². The van der Waals surface area contributed by atoms with Gasteiger partial charge in [0.1, 0.15) is 5.75 Å². The SMILES string of the molecule is COc1ccc(CCNC(C)(C)CCN)c(C)c1C. The zero-order valence-corrected chi connectivity index (χ0v) is 13.0. The van der Waals surface area contributed by atoms with Gasteiger partial charge in [-0.05, 0) is 76.4 Å². The van der Waals surface area contributed by atoms with Crippen LogP contribution in [0.25, 0.3) is 0 Å². The highest BCUT2D eigenvalue weighted by Crippen LogP contribution is 2.24. The minimum absolute atomic E-state index is 0.115. The first-order chi connectivity index (χ1) is 8.91. The molecule has 0 spiro atoms. The second-order valence-corrected chi connectivity index (χ2v) is 5.78. The Morgan fingerprint density at radius 3 is 2.47 bits per heavy atom. The Morgan fingerprint density at radius 1 is 1.21 bits per heavy atom. The maximum absolute atomic E-state index is 5.62. The summed E-state index contributed by atoms with van der Waals surface area (Å²) in [5.74, 6) is 0.970. The van der Waals surface area contributed by atoms with Crippen molar-refractivity contribution in [2.24, 2.45) is 5.73 Å². The molecular formula is C16H28N2O. The quantitative estimate of drug-likeness (QED) is 0.795. The molecular weight excluding hydrogens is 236 g/mol. The molecule has 0 radical (unpaired) electrons. The zero-order valence-electron chi connectivity index (χ0n) is 13.0. The normalized spacial score (nSPS) is 11.7. The summed E-state index contributed by atoms with van der Waals surface area (Å²) >= 11 is 0. The van der Waals surface area contributed by atoms with Crippen LogP contribution in [-0.2, 0) is 6.42 Å². The fourth-order valence-corrected chi connectivity index (χ4v) is 2.33. The van der Waals surface area contributed by atoms with Crippen LogP contribution in [-0.4, -0.2) is 25.7 Å². The largest absolute Gasteiger partial charge is 0.496 e. The van der Waals surface area contributed by atoms with Crippen molar-refractivity contribution in [1.29, 1.82) is 0 Å². The molecule has 0 unspecified atom stereocenters. The number of benzene rings is 1. The number of nitrogens with two attached hydrogens (primary N) is 1. The highest BCUT2D eigenvalue weighted by Gasteiger charge is 2.15. The minimum Gasteiger partial charge on any atom is -0.496 e. The molecule has 0 aromatic heterocycles. The topological polar surface area (TPSA) is 47.3 Å². The van der Waals surface area contributed by atoms with Gasteiger partial charge in [0.15, 0.2) is 0 Å². The molecule has 0 saturated heterocycles. The van der Waals surface area contributed by atoms with E-state index in [4.69, 9.17) is 10.5 Å². The van der Waals surface area contributed by atoms with E-state index in [1.165, 1.54) is 16.7 Å². The van der Waals surface area contributed by atoms with E-state index in [1.807, 2.05) is 0 Å². The maximum Gasteiger partial charge on any atom is 0.122 e. The highest BCUT2D eigenvalue weighted by molar-refractivity contribution is 5.43. The molecule has 3 heteroatoms. The van der Waals surface area contributed by atoms with Crippen LogP contribution in [0, 0.1) is 13.8 Å². The molecule has 19 heavy (non-hydrogen) atoms. The van der Waals surface area contributed by atoms with Gasteiger partial charge in [0.25, 0.3) is 0 Å². The van der Waals surface area contributed by atoms with Gasteiger partial charge in [0.2, 0.25) is 0 Å². The van der Waals surface area contributed by atoms with Crippen molar-refractivity contribution in [3.63, 3.8) is 0 Å². The van der Waals surface area contributed by atoms with Crippen molar-refractivity contribution in [1.82, 2.24) is 5.32 Å². The molecule has 0 bridgehead atoms. The standard InChI is InChI=1S/C16H28N2O/c1-12-13(2)15(19-5)7-6-14(12)8-11-18-16(3,4)9-10-17/h6-7,18H,8-11,17H2,1-5H3. The first-order valence-corrected chi connectivity index (χ1v) is 6.99. The summed E-state index contributed by atoms with van der Waals surface area (Å²) in [4.78, 5) is 0. The molecule has 0 fully saturated rings. The second-order valence-electron chi connectivity index (χ2n) is 5.78. The molecule has 0 aliphatic carbocycles. The molecule has 3 nitrogen and oxygen atoms in total. The van der Waals surface area contributed by atoms with Gasteiger partial charge in [-0.25, -0.2) is 0 Å². The summed E-state index contributed by atoms with van der Waals surface area (Å²) in [7, 11) is 1.72. The number of hydrogen-bond acceptors (Lipinski definition) is 3. The third-order valence-electron chi connectivity index (χ3n) is 3.84. The molecule has 0 atom stereocenters. The summed E-state index contributed by atoms with van der Waals surface area (Å²) in [5.41, 5.74) is 9.69. The molecule has 0 amide bonds. The van der Waals surface area contributed by atoms with Gasteiger partial charge in [0.05, 0.1) is 7.11 Å². The summed E-state index contributed by atoms with van der Waals surface area (Å²) in [6.07, 6.45) is 2.03. The summed E-state index contributed by atoms with van der Waals surface area (Å²) in [6.45, 7) is 10.4. The number of methoxy groups -OCH3 is 1. The van der Waals surface area contributed by atoms with Crippen LogP contribution >= 0.6 is 0 Å². The molecule has 0 aliphatic heterocycles. The summed E-state index contributed by atoms with van der Waals surface area (Å²) < 4.78 is 5.34. The number of rotatable bonds is 7. The second kappa shape index (κ2) is 6.92. The lowest BCUT2D eigenvalue weighted by Gasteiger charge is -2.26. The van der Waals surface area contributed by atoms with Gasteiger partial charge in [-0.3, -0.25) is 0 Å². The minimum atomic E-state index is 0.115. The van der Waals surface area contributed by atoms with Gasteiger partial charge in [-0.1, -0.05) is 6.07 Å². The van der Waals surface area contributed by atoms with Gasteiger partial charge < -0.3 is 15.8 Å². The van der Waals surface area contributed by atoms with Crippen molar-refractivity contribution >= 4 is 0 Å². The molecule has 3 N–H and O–H groups in total. The van der Waals surface area contributed by atoms with Crippen LogP contribution in [0.1, 0.15) is 37.0 Å². The van der Waals surface area contributed by atoms with Gasteiger partial charge in [-0.15, -0.1) is 0 Å². The van der Waals surface area contributed by atoms with Gasteiger partial charge >= 0.3 is 0 Å². The number of nitrogens with one attached hydrogen (secondary N) is 1. The number of hydrogen-bond donors (Lipinski definition) is 2. The number of ether oxygens (including phenoxy) is 1. The van der Waals surface area contributed by atoms with Gasteiger partial charge in [0, 0.05) is 5.54 Å². The lowest BCUT2D eigenvalue weighted by atomic mass is 9.98. The van der Waals surface area contributed by atoms with E-state index in [-0.39, 0.29) is 5.54 Å². The van der Waals surface area contributed by atoms with Crippen LogP contribution < -0.4 is 15.8 Å². The smallest absolute Gasteiger partial charge is 0.122 e. The Bertz CT molecular complexity index is 413. The van der Waals surface area contributed by atoms with Crippen molar-refractivity contribution in [3.8, 4) is 5.75 Å². The lowest BCUT2D eigenvalue weighted by molar-refractivity contribution is 0.370. The lowest BCUT2D eigenvalue weighted by Crippen LogP contribution is -2.42. The fourth-order valence-electron chi connectivity index (χ4n) is 2.33. The summed E-state index contributed by atoms with van der Waals surface area (Å²) in [6, 6.07) is 4.22. The first-order valence-electron chi connectivity index (χ1n) is 6.99. The molecule has 108 valence electrons. The van der Waals surface area contributed by atoms with E-state index in [0.29, 0.717) is 0 Å².